The topological polar surface area (TPSA) is 34.0 Å². The van der Waals surface area contributed by atoms with Gasteiger partial charge in [-0.05, 0) is 48.7 Å². The van der Waals surface area contributed by atoms with Gasteiger partial charge in [0.05, 0.1) is 6.04 Å². The van der Waals surface area contributed by atoms with Crippen LogP contribution < -0.4 is 5.32 Å². The number of aromatic nitrogens is 1. The van der Waals surface area contributed by atoms with Gasteiger partial charge >= 0.3 is 0 Å². The first-order chi connectivity index (χ1) is 14.1. The van der Waals surface area contributed by atoms with Gasteiger partial charge in [0.1, 0.15) is 5.69 Å². The Morgan fingerprint density at radius 2 is 1.55 bits per heavy atom. The first-order valence-corrected chi connectivity index (χ1v) is 10.2. The maximum atomic E-state index is 13.5. The molecule has 0 radical (unpaired) electrons. The van der Waals surface area contributed by atoms with E-state index in [9.17, 15) is 4.79 Å². The molecule has 3 aromatic carbocycles. The highest BCUT2D eigenvalue weighted by Crippen LogP contribution is 2.29. The molecule has 29 heavy (non-hydrogen) atoms. The molecule has 0 saturated carbocycles. The normalized spacial score (nSPS) is 11.2. The highest BCUT2D eigenvalue weighted by atomic mass is 35.5. The van der Waals surface area contributed by atoms with E-state index in [4.69, 9.17) is 11.6 Å². The maximum Gasteiger partial charge on any atom is 0.268 e. The number of fused-ring (bicyclic) bond motifs is 1. The summed E-state index contributed by atoms with van der Waals surface area (Å²) in [4.78, 5) is 13.5. The summed E-state index contributed by atoms with van der Waals surface area (Å²) in [5, 5.41) is 4.95. The Labute approximate surface area is 175 Å². The average Bonchev–Trinajstić information content (AvgIpc) is 3.04. The Bertz CT molecular complexity index is 1110. The van der Waals surface area contributed by atoms with Crippen LogP contribution in [0.3, 0.4) is 0 Å². The monoisotopic (exact) mass is 402 g/mol. The third kappa shape index (κ3) is 3.66. The average molecular weight is 403 g/mol. The highest BCUT2D eigenvalue weighted by Gasteiger charge is 2.23. The van der Waals surface area contributed by atoms with Gasteiger partial charge in [0.15, 0.2) is 0 Å². The van der Waals surface area contributed by atoms with Crippen LogP contribution in [0, 0.1) is 6.92 Å². The fourth-order valence-electron chi connectivity index (χ4n) is 3.97. The lowest BCUT2D eigenvalue weighted by Crippen LogP contribution is -2.31. The van der Waals surface area contributed by atoms with Crippen molar-refractivity contribution in [2.45, 2.75) is 26.4 Å². The van der Waals surface area contributed by atoms with Gasteiger partial charge < -0.3 is 9.88 Å². The lowest BCUT2D eigenvalue weighted by atomic mass is 9.98. The minimum atomic E-state index is -0.226. The molecule has 4 aromatic rings. The summed E-state index contributed by atoms with van der Waals surface area (Å²) in [5.74, 6) is -0.0885. The minimum Gasteiger partial charge on any atom is -0.340 e. The van der Waals surface area contributed by atoms with E-state index >= 15 is 0 Å². The molecule has 4 rings (SSSR count). The molecule has 146 valence electrons. The van der Waals surface area contributed by atoms with Gasteiger partial charge in [-0.1, -0.05) is 72.3 Å². The quantitative estimate of drug-likeness (QED) is 0.427. The molecular weight excluding hydrogens is 380 g/mol. The summed E-state index contributed by atoms with van der Waals surface area (Å²) in [6.07, 6.45) is 0. The van der Waals surface area contributed by atoms with Crippen molar-refractivity contribution in [3.8, 4) is 0 Å². The van der Waals surface area contributed by atoms with Gasteiger partial charge in [-0.2, -0.15) is 0 Å². The van der Waals surface area contributed by atoms with E-state index in [1.54, 1.807) is 0 Å². The van der Waals surface area contributed by atoms with Gasteiger partial charge in [0.2, 0.25) is 0 Å². The fourth-order valence-corrected chi connectivity index (χ4v) is 4.14. The minimum absolute atomic E-state index is 0.0885. The van der Waals surface area contributed by atoms with E-state index in [2.05, 4.69) is 16.8 Å². The molecule has 4 heteroatoms. The fraction of sp³-hybridized carbons (Fsp3) is 0.160. The number of benzene rings is 3. The molecule has 0 spiro atoms. The summed E-state index contributed by atoms with van der Waals surface area (Å²) >= 11 is 6.21. The number of carbonyl (C=O) groups is 1. The molecule has 0 bridgehead atoms. The molecular formula is C25H23ClN2O. The van der Waals surface area contributed by atoms with E-state index < -0.39 is 0 Å². The predicted octanol–water partition coefficient (Wildman–Crippen LogP) is 6.14. The molecule has 0 fully saturated rings. The number of rotatable bonds is 5. The van der Waals surface area contributed by atoms with Crippen LogP contribution in [0.4, 0.5) is 0 Å². The van der Waals surface area contributed by atoms with E-state index in [1.165, 1.54) is 0 Å². The summed E-state index contributed by atoms with van der Waals surface area (Å²) in [7, 11) is 0. The van der Waals surface area contributed by atoms with Crippen LogP contribution in [0.5, 0.6) is 0 Å². The zero-order valence-corrected chi connectivity index (χ0v) is 17.3. The zero-order valence-electron chi connectivity index (χ0n) is 16.5. The maximum absolute atomic E-state index is 13.5. The molecule has 0 aliphatic carbocycles. The van der Waals surface area contributed by atoms with E-state index in [1.807, 2.05) is 85.8 Å². The second-order valence-corrected chi connectivity index (χ2v) is 7.54. The number of hydrogen-bond acceptors (Lipinski definition) is 1. The molecule has 1 aromatic heterocycles. The number of amides is 1. The Morgan fingerprint density at radius 1 is 0.966 bits per heavy atom. The second kappa shape index (κ2) is 8.14. The van der Waals surface area contributed by atoms with Crippen LogP contribution in [0.25, 0.3) is 10.9 Å². The standard InChI is InChI=1S/C25H23ClN2O/c1-3-28-22-15-14-20(26)16-21(22)17(2)24(28)25(29)27-23(18-10-6-4-7-11-18)19-12-8-5-9-13-19/h4-16,23H,3H2,1-2H3,(H,27,29). The summed E-state index contributed by atoms with van der Waals surface area (Å²) in [5.41, 5.74) is 4.75. The Morgan fingerprint density at radius 3 is 2.10 bits per heavy atom. The first-order valence-electron chi connectivity index (χ1n) is 9.79. The van der Waals surface area contributed by atoms with Crippen molar-refractivity contribution in [3.63, 3.8) is 0 Å². The largest absolute Gasteiger partial charge is 0.340 e. The summed E-state index contributed by atoms with van der Waals surface area (Å²) in [6.45, 7) is 4.74. The van der Waals surface area contributed by atoms with Crippen LogP contribution in [0.1, 0.15) is 40.1 Å². The number of aryl methyl sites for hydroxylation is 2. The van der Waals surface area contributed by atoms with E-state index in [0.29, 0.717) is 17.3 Å². The Kier molecular flexibility index (Phi) is 5.41. The number of hydrogen-bond donors (Lipinski definition) is 1. The number of halogens is 1. The lowest BCUT2D eigenvalue weighted by Gasteiger charge is -2.21. The molecule has 1 heterocycles. The predicted molar refractivity (Wildman–Crippen MR) is 120 cm³/mol. The van der Waals surface area contributed by atoms with Crippen molar-refractivity contribution in [1.82, 2.24) is 9.88 Å². The van der Waals surface area contributed by atoms with Crippen molar-refractivity contribution >= 4 is 28.4 Å². The summed E-state index contributed by atoms with van der Waals surface area (Å²) < 4.78 is 2.06. The molecule has 1 amide bonds. The number of nitrogens with one attached hydrogen (secondary N) is 1. The number of carbonyl (C=O) groups excluding carboxylic acids is 1. The third-order valence-corrected chi connectivity index (χ3v) is 5.59. The van der Waals surface area contributed by atoms with Crippen molar-refractivity contribution in [1.29, 1.82) is 0 Å². The van der Waals surface area contributed by atoms with Crippen LogP contribution in [-0.4, -0.2) is 10.5 Å². The Balaban J connectivity index is 1.78. The van der Waals surface area contributed by atoms with Gasteiger partial charge in [0.25, 0.3) is 5.91 Å². The number of nitrogens with zero attached hydrogens (tertiary/aromatic N) is 1. The molecule has 3 nitrogen and oxygen atoms in total. The van der Waals surface area contributed by atoms with Crippen LogP contribution in [0.15, 0.2) is 78.9 Å². The van der Waals surface area contributed by atoms with Gasteiger partial charge in [0, 0.05) is 22.5 Å². The summed E-state index contributed by atoms with van der Waals surface area (Å²) in [6, 6.07) is 25.7. The Hall–Kier alpha value is -3.04. The molecule has 0 aliphatic heterocycles. The van der Waals surface area contributed by atoms with Gasteiger partial charge in [-0.3, -0.25) is 4.79 Å². The van der Waals surface area contributed by atoms with Crippen LogP contribution >= 0.6 is 11.6 Å². The third-order valence-electron chi connectivity index (χ3n) is 5.35. The second-order valence-electron chi connectivity index (χ2n) is 7.11. The smallest absolute Gasteiger partial charge is 0.268 e. The molecule has 0 unspecified atom stereocenters. The van der Waals surface area contributed by atoms with Crippen LogP contribution in [0.2, 0.25) is 5.02 Å². The van der Waals surface area contributed by atoms with Crippen molar-refractivity contribution in [2.24, 2.45) is 0 Å². The first kappa shape index (κ1) is 19.3. The molecule has 0 saturated heterocycles. The van der Waals surface area contributed by atoms with Crippen LogP contribution in [-0.2, 0) is 6.54 Å². The zero-order chi connectivity index (χ0) is 20.4. The van der Waals surface area contributed by atoms with Crippen molar-refractivity contribution in [2.75, 3.05) is 0 Å². The molecule has 0 atom stereocenters. The lowest BCUT2D eigenvalue weighted by molar-refractivity contribution is 0.0933. The van der Waals surface area contributed by atoms with Crippen molar-refractivity contribution < 1.29 is 4.79 Å². The van der Waals surface area contributed by atoms with Gasteiger partial charge in [-0.25, -0.2) is 0 Å². The van der Waals surface area contributed by atoms with Gasteiger partial charge in [-0.15, -0.1) is 0 Å². The highest BCUT2D eigenvalue weighted by molar-refractivity contribution is 6.31. The molecule has 0 aliphatic rings. The van der Waals surface area contributed by atoms with E-state index in [0.717, 1.165) is 27.6 Å². The van der Waals surface area contributed by atoms with E-state index in [-0.39, 0.29) is 11.9 Å². The molecule has 1 N–H and O–H groups in total. The SMILES string of the molecule is CCn1c(C(=O)NC(c2ccccc2)c2ccccc2)c(C)c2cc(Cl)ccc21. The van der Waals surface area contributed by atoms with Crippen molar-refractivity contribution in [3.05, 3.63) is 106 Å².